The molecule has 0 saturated carbocycles. The Morgan fingerprint density at radius 1 is 1.13 bits per heavy atom. The highest BCUT2D eigenvalue weighted by atomic mass is 32.2. The molecule has 0 bridgehead atoms. The molecule has 1 aromatic heterocycles. The number of rotatable bonds is 11. The second kappa shape index (κ2) is 14.7. The fourth-order valence-corrected chi connectivity index (χ4v) is 5.25. The molecule has 0 aliphatic rings. The van der Waals surface area contributed by atoms with E-state index in [1.807, 2.05) is 0 Å². The summed E-state index contributed by atoms with van der Waals surface area (Å²) in [7, 11) is -1.30. The molecule has 0 fully saturated rings. The number of nitrogens with zero attached hydrogens (tertiary/aromatic N) is 3. The summed E-state index contributed by atoms with van der Waals surface area (Å²) in [6.07, 6.45) is 0.949. The number of carboxylic acids is 1. The van der Waals surface area contributed by atoms with E-state index in [9.17, 15) is 27.9 Å². The fourth-order valence-electron chi connectivity index (χ4n) is 4.09. The highest BCUT2D eigenvalue weighted by molar-refractivity contribution is 7.89. The molecule has 45 heavy (non-hydrogen) atoms. The van der Waals surface area contributed by atoms with Gasteiger partial charge in [0.1, 0.15) is 5.60 Å². The van der Waals surface area contributed by atoms with Crippen LogP contribution in [-0.4, -0.2) is 96.3 Å². The molecule has 0 aliphatic heterocycles. The van der Waals surface area contributed by atoms with E-state index in [1.54, 1.807) is 45.0 Å². The van der Waals surface area contributed by atoms with Crippen molar-refractivity contribution in [2.24, 2.45) is 4.99 Å². The van der Waals surface area contributed by atoms with Gasteiger partial charge < -0.3 is 30.2 Å². The molecule has 2 aromatic carbocycles. The predicted molar refractivity (Wildman–Crippen MR) is 169 cm³/mol. The van der Waals surface area contributed by atoms with Gasteiger partial charge in [-0.15, -0.1) is 0 Å². The average molecular weight is 640 g/mol. The molecule has 240 valence electrons. The number of alkyl carbamates (subject to hydrolysis) is 1. The van der Waals surface area contributed by atoms with Crippen LogP contribution in [-0.2, 0) is 24.3 Å². The second-order valence-corrected chi connectivity index (χ2v) is 13.1. The number of aromatic amines is 1. The van der Waals surface area contributed by atoms with Gasteiger partial charge in [-0.2, -0.15) is 4.31 Å². The number of fused-ring (bicyclic) bond motifs is 1. The van der Waals surface area contributed by atoms with E-state index in [0.29, 0.717) is 22.0 Å². The van der Waals surface area contributed by atoms with Crippen molar-refractivity contribution in [1.29, 1.82) is 0 Å². The van der Waals surface area contributed by atoms with Gasteiger partial charge in [-0.3, -0.25) is 14.6 Å². The Bertz CT molecular complexity index is 1760. The maximum absolute atomic E-state index is 13.2. The van der Waals surface area contributed by atoms with Crippen LogP contribution in [0.3, 0.4) is 0 Å². The summed E-state index contributed by atoms with van der Waals surface area (Å²) in [6, 6.07) is 11.1. The van der Waals surface area contributed by atoms with Gasteiger partial charge in [0.25, 0.3) is 0 Å². The first-order valence-electron chi connectivity index (χ1n) is 13.9. The Kier molecular flexibility index (Phi) is 11.3. The number of amides is 2. The molecular weight excluding hydrogens is 602 g/mol. The van der Waals surface area contributed by atoms with Gasteiger partial charge in [0, 0.05) is 44.2 Å². The lowest BCUT2D eigenvalue weighted by Crippen LogP contribution is -2.39. The van der Waals surface area contributed by atoms with Crippen LogP contribution in [0.4, 0.5) is 10.5 Å². The molecule has 0 atom stereocenters. The van der Waals surface area contributed by atoms with Crippen molar-refractivity contribution in [1.82, 2.24) is 19.5 Å². The van der Waals surface area contributed by atoms with Crippen LogP contribution in [0.1, 0.15) is 44.7 Å². The average Bonchev–Trinajstić information content (AvgIpc) is 3.28. The van der Waals surface area contributed by atoms with Crippen molar-refractivity contribution in [2.75, 3.05) is 33.7 Å². The molecule has 1 heterocycles. The molecule has 0 saturated heterocycles. The Morgan fingerprint density at radius 3 is 2.53 bits per heavy atom. The number of carboxylic acid groups (broad SMARTS) is 1. The van der Waals surface area contributed by atoms with Gasteiger partial charge in [0.05, 0.1) is 34.8 Å². The second-order valence-electron chi connectivity index (χ2n) is 11.1. The summed E-state index contributed by atoms with van der Waals surface area (Å²) in [5.41, 5.74) is 1.13. The van der Waals surface area contributed by atoms with Crippen LogP contribution in [0.5, 0.6) is 5.88 Å². The number of aromatic hydroxyl groups is 1. The first kappa shape index (κ1) is 34.6. The third-order valence-electron chi connectivity index (χ3n) is 6.32. The number of H-pyrrole nitrogens is 1. The van der Waals surface area contributed by atoms with Crippen LogP contribution in [0, 0.1) is 11.8 Å². The Hall–Kier alpha value is -4.87. The molecule has 3 rings (SSSR count). The molecule has 3 aromatic rings. The number of nitrogens with one attached hydrogen (secondary N) is 2. The van der Waals surface area contributed by atoms with E-state index in [4.69, 9.17) is 9.84 Å². The van der Waals surface area contributed by atoms with Crippen molar-refractivity contribution in [2.45, 2.75) is 44.1 Å². The van der Waals surface area contributed by atoms with Gasteiger partial charge in [-0.1, -0.05) is 24.0 Å². The van der Waals surface area contributed by atoms with Gasteiger partial charge in [-0.25, -0.2) is 13.2 Å². The minimum Gasteiger partial charge on any atom is -0.494 e. The van der Waals surface area contributed by atoms with Crippen LogP contribution in [0.2, 0.25) is 0 Å². The highest BCUT2D eigenvalue weighted by Gasteiger charge is 2.25. The Labute approximate surface area is 261 Å². The van der Waals surface area contributed by atoms with Crippen molar-refractivity contribution >= 4 is 50.8 Å². The molecule has 0 aliphatic carbocycles. The monoisotopic (exact) mass is 639 g/mol. The number of hydrogen-bond acceptors (Lipinski definition) is 8. The van der Waals surface area contributed by atoms with Gasteiger partial charge in [0.15, 0.2) is 5.88 Å². The van der Waals surface area contributed by atoms with Gasteiger partial charge in [-0.05, 0) is 57.5 Å². The number of carbonyl (C=O) groups is 3. The quantitative estimate of drug-likeness (QED) is 0.182. The topological polar surface area (TPSA) is 182 Å². The van der Waals surface area contributed by atoms with Crippen molar-refractivity contribution in [3.8, 4) is 17.7 Å². The maximum atomic E-state index is 13.2. The first-order chi connectivity index (χ1) is 21.1. The summed E-state index contributed by atoms with van der Waals surface area (Å²) in [6.45, 7) is 5.05. The number of aromatic nitrogens is 1. The first-order valence-corrected chi connectivity index (χ1v) is 15.4. The van der Waals surface area contributed by atoms with Crippen molar-refractivity contribution in [3.63, 3.8) is 0 Å². The fraction of sp³-hybridized carbons (Fsp3) is 0.355. The van der Waals surface area contributed by atoms with E-state index >= 15 is 0 Å². The SMILES string of the molecule is CN(CCCC(=O)O)C(=O)CN(C)S(=O)(=O)c1cccc(N=Cc2c(O)[nH]c3cccc(C#CCNC(=O)OC(C)(C)C)c23)c1. The number of benzene rings is 2. The standard InChI is InChI=1S/C31H37N5O8S/c1-31(2,3)44-30(41)32-16-8-11-21-10-6-14-25-28(21)24(29(40)34-25)19-33-22-12-7-13-23(18-22)45(42,43)36(5)20-26(37)35(4)17-9-15-27(38)39/h6-7,10,12-14,18-19,34,40H,9,15-17,20H2,1-5H3,(H,32,41)(H,38,39). The smallest absolute Gasteiger partial charge is 0.408 e. The lowest BCUT2D eigenvalue weighted by atomic mass is 10.1. The normalized spacial score (nSPS) is 11.8. The zero-order valence-corrected chi connectivity index (χ0v) is 26.6. The zero-order valence-electron chi connectivity index (χ0n) is 25.7. The third-order valence-corrected chi connectivity index (χ3v) is 8.12. The summed E-state index contributed by atoms with van der Waals surface area (Å²) in [4.78, 5) is 43.6. The van der Waals surface area contributed by atoms with Crippen LogP contribution < -0.4 is 5.32 Å². The number of aliphatic imine (C=N–C) groups is 1. The summed E-state index contributed by atoms with van der Waals surface area (Å²) < 4.78 is 32.6. The lowest BCUT2D eigenvalue weighted by molar-refractivity contribution is -0.138. The van der Waals surface area contributed by atoms with Crippen LogP contribution in [0.15, 0.2) is 52.4 Å². The molecule has 14 heteroatoms. The van der Waals surface area contributed by atoms with Crippen molar-refractivity contribution in [3.05, 3.63) is 53.6 Å². The number of aliphatic carboxylic acids is 1. The predicted octanol–water partition coefficient (Wildman–Crippen LogP) is 3.44. The van der Waals surface area contributed by atoms with E-state index in [-0.39, 0.29) is 42.4 Å². The maximum Gasteiger partial charge on any atom is 0.408 e. The number of sulfonamides is 1. The Balaban J connectivity index is 1.78. The molecule has 0 unspecified atom stereocenters. The molecule has 0 radical (unpaired) electrons. The van der Waals surface area contributed by atoms with E-state index in [2.05, 4.69) is 27.1 Å². The zero-order chi connectivity index (χ0) is 33.4. The van der Waals surface area contributed by atoms with E-state index in [0.717, 1.165) is 4.31 Å². The largest absolute Gasteiger partial charge is 0.494 e. The van der Waals surface area contributed by atoms with Crippen molar-refractivity contribution < 1.29 is 37.8 Å². The molecular formula is C31H37N5O8S. The van der Waals surface area contributed by atoms with Crippen LogP contribution >= 0.6 is 0 Å². The minimum atomic E-state index is -4.07. The van der Waals surface area contributed by atoms with Gasteiger partial charge in [0.2, 0.25) is 15.9 Å². The third kappa shape index (κ3) is 9.82. The van der Waals surface area contributed by atoms with E-state index in [1.165, 1.54) is 43.4 Å². The number of hydrogen-bond donors (Lipinski definition) is 4. The molecule has 4 N–H and O–H groups in total. The van der Waals surface area contributed by atoms with Crippen LogP contribution in [0.25, 0.3) is 10.9 Å². The summed E-state index contributed by atoms with van der Waals surface area (Å²) in [5, 5.41) is 22.5. The minimum absolute atomic E-state index is 0.0352. The molecule has 13 nitrogen and oxygen atoms in total. The number of carbonyl (C=O) groups excluding carboxylic acids is 2. The molecule has 2 amide bonds. The number of ether oxygens (including phenoxy) is 1. The summed E-state index contributed by atoms with van der Waals surface area (Å²) >= 11 is 0. The van der Waals surface area contributed by atoms with E-state index < -0.39 is 40.1 Å². The summed E-state index contributed by atoms with van der Waals surface area (Å²) in [5.74, 6) is 4.24. The number of likely N-dealkylation sites (N-methyl/N-ethyl adjacent to an activating group) is 2. The molecule has 0 spiro atoms. The lowest BCUT2D eigenvalue weighted by Gasteiger charge is -2.21. The Morgan fingerprint density at radius 2 is 1.84 bits per heavy atom. The highest BCUT2D eigenvalue weighted by Crippen LogP contribution is 2.29. The van der Waals surface area contributed by atoms with Gasteiger partial charge >= 0.3 is 12.1 Å².